The van der Waals surface area contributed by atoms with E-state index in [0.29, 0.717) is 43.5 Å². The first-order valence-electron chi connectivity index (χ1n) is 39.4. The monoisotopic (exact) mass is 1390 g/mol. The summed E-state index contributed by atoms with van der Waals surface area (Å²) in [5.41, 5.74) is 1.75. The first kappa shape index (κ1) is 87.5. The maximum Gasteiger partial charge on any atom is 0.328 e. The van der Waals surface area contributed by atoms with Crippen molar-refractivity contribution in [2.75, 3.05) is 78.1 Å². The fourth-order valence-corrected chi connectivity index (χ4v) is 11.9. The van der Waals surface area contributed by atoms with Crippen LogP contribution >= 0.6 is 0 Å². The van der Waals surface area contributed by atoms with Gasteiger partial charge in [0.15, 0.2) is 31.3 Å². The lowest BCUT2D eigenvalue weighted by Crippen LogP contribution is -2.32. The van der Waals surface area contributed by atoms with E-state index in [0.717, 1.165) is 237 Å². The molecule has 18 heteroatoms. The second-order valence-corrected chi connectivity index (χ2v) is 26.8. The van der Waals surface area contributed by atoms with Gasteiger partial charge in [-0.2, -0.15) is 9.97 Å². The zero-order chi connectivity index (χ0) is 72.0. The zero-order valence-electron chi connectivity index (χ0n) is 62.9. The number of ether oxygens (including phenoxy) is 5. The summed E-state index contributed by atoms with van der Waals surface area (Å²) >= 11 is 0. The van der Waals surface area contributed by atoms with Crippen LogP contribution in [0.15, 0.2) is 29.1 Å². The Morgan fingerprint density at radius 3 is 1.31 bits per heavy atom. The van der Waals surface area contributed by atoms with E-state index in [-0.39, 0.29) is 80.8 Å². The number of nitrogens with one attached hydrogen (secondary N) is 2. The molecule has 0 aliphatic carbocycles. The van der Waals surface area contributed by atoms with Crippen molar-refractivity contribution in [3.05, 3.63) is 45.9 Å². The minimum absolute atomic E-state index is 0.0723. The maximum atomic E-state index is 13.7. The first-order valence-corrected chi connectivity index (χ1v) is 39.4. The van der Waals surface area contributed by atoms with Crippen molar-refractivity contribution in [2.24, 2.45) is 0 Å². The van der Waals surface area contributed by atoms with Gasteiger partial charge in [-0.3, -0.25) is 28.5 Å². The number of aromatic amines is 1. The molecule has 3 aromatic rings. The minimum Gasteiger partial charge on any atom is -0.469 e. The number of nitrogens with zero attached hydrogens (tertiary/aromatic N) is 5. The smallest absolute Gasteiger partial charge is 0.328 e. The van der Waals surface area contributed by atoms with Crippen LogP contribution in [0.25, 0.3) is 11.2 Å². The molecular formula is C82H131N7O11. The van der Waals surface area contributed by atoms with E-state index in [1.54, 1.807) is 0 Å². The number of amides is 1. The molecule has 0 saturated carbocycles. The second kappa shape index (κ2) is 61.0. The number of esters is 4. The van der Waals surface area contributed by atoms with Crippen molar-refractivity contribution in [1.29, 1.82) is 0 Å². The Balaban J connectivity index is 1.60. The standard InChI is InChI=1S/C82H131N7O11/c1-6-10-14-17-26-35-47-65-97-74(91)55-40-29-20-23-32-43-58-87(59-44-33-24-21-30-41-56-75(92)98-66-48-36-27-18-15-11-7-2)62-51-63-88(60-45-34-25-22-31-42-57-76(93)99-67-49-37-28-19-16-12-8-3)61-46-38-39-54-73(90)83-79-78-80(86-81(85-79)100-64-13-9-4)89(82(95)84-78)70-72-53-50-52-71(68-72)69-77(94)96-5/h50,52-53,68H,6-34,38-46,51,54-67,69-70H2,1-5H3,(H,84,95)(H,83,85,86,90). The van der Waals surface area contributed by atoms with Gasteiger partial charge in [-0.1, -0.05) is 235 Å². The molecule has 0 aliphatic rings. The Labute approximate surface area is 603 Å². The minimum atomic E-state index is -0.414. The van der Waals surface area contributed by atoms with Crippen molar-refractivity contribution in [3.63, 3.8) is 0 Å². The highest BCUT2D eigenvalue weighted by Crippen LogP contribution is 2.23. The lowest BCUT2D eigenvalue weighted by atomic mass is 10.1. The highest BCUT2D eigenvalue weighted by atomic mass is 16.5. The summed E-state index contributed by atoms with van der Waals surface area (Å²) in [7, 11) is 1.35. The van der Waals surface area contributed by atoms with Crippen molar-refractivity contribution >= 4 is 46.8 Å². The SMILES string of the molecule is CCCCCCC#CCOC(=O)CCCCCCCCN(CCCCCCCCC(=O)OCC#CCCCCCC)CCCN(CCCCCCCCC(=O)OCC#CCCCCCC)CCCCCC(=O)Nc1nc(OCCCC)nc2c1[nH]c(=O)n2Cc1cccc(CC(=O)OC)c1. The maximum absolute atomic E-state index is 13.7. The number of unbranched alkanes of at least 4 members (excludes halogenated alkanes) is 30. The largest absolute Gasteiger partial charge is 0.469 e. The first-order chi connectivity index (χ1) is 49.0. The van der Waals surface area contributed by atoms with Gasteiger partial charge in [0.2, 0.25) is 5.91 Å². The highest BCUT2D eigenvalue weighted by molar-refractivity contribution is 5.97. The van der Waals surface area contributed by atoms with Crippen LogP contribution in [-0.4, -0.2) is 132 Å². The van der Waals surface area contributed by atoms with Crippen LogP contribution < -0.4 is 15.7 Å². The molecule has 1 aromatic carbocycles. The van der Waals surface area contributed by atoms with Crippen molar-refractivity contribution < 1.29 is 47.7 Å². The number of rotatable bonds is 61. The van der Waals surface area contributed by atoms with Crippen LogP contribution in [0.5, 0.6) is 6.01 Å². The zero-order valence-corrected chi connectivity index (χ0v) is 62.9. The Bertz CT molecular complexity index is 2860. The van der Waals surface area contributed by atoms with E-state index in [9.17, 15) is 28.8 Å². The summed E-state index contributed by atoms with van der Waals surface area (Å²) in [5.74, 6) is 17.5. The number of anilines is 1. The summed E-state index contributed by atoms with van der Waals surface area (Å²) in [6.45, 7) is 15.9. The van der Waals surface area contributed by atoms with E-state index in [1.807, 2.05) is 24.3 Å². The summed E-state index contributed by atoms with van der Waals surface area (Å²) in [6, 6.07) is 7.48. The molecule has 100 heavy (non-hydrogen) atoms. The van der Waals surface area contributed by atoms with Crippen LogP contribution in [-0.2, 0) is 55.9 Å². The van der Waals surface area contributed by atoms with Gasteiger partial charge in [0, 0.05) is 44.9 Å². The van der Waals surface area contributed by atoms with Crippen molar-refractivity contribution in [2.45, 2.75) is 317 Å². The molecule has 2 heterocycles. The molecule has 0 radical (unpaired) electrons. The molecule has 0 aliphatic heterocycles. The number of H-pyrrole nitrogens is 1. The average Bonchev–Trinajstić information content (AvgIpc) is 1.62. The molecule has 2 N–H and O–H groups in total. The third kappa shape index (κ3) is 46.0. The highest BCUT2D eigenvalue weighted by Gasteiger charge is 2.20. The number of fused-ring (bicyclic) bond motifs is 1. The van der Waals surface area contributed by atoms with Crippen molar-refractivity contribution in [1.82, 2.24) is 29.3 Å². The molecule has 560 valence electrons. The summed E-state index contributed by atoms with van der Waals surface area (Å²) in [5, 5.41) is 2.98. The van der Waals surface area contributed by atoms with Gasteiger partial charge in [0.25, 0.3) is 0 Å². The third-order valence-corrected chi connectivity index (χ3v) is 17.9. The number of imidazole rings is 1. The summed E-state index contributed by atoms with van der Waals surface area (Å²) in [6.07, 6.45) is 42.9. The molecule has 0 saturated heterocycles. The molecule has 0 fully saturated rings. The van der Waals surface area contributed by atoms with Crippen LogP contribution in [0.1, 0.15) is 315 Å². The molecule has 3 rings (SSSR count). The molecular weight excluding hydrogens is 1260 g/mol. The van der Waals surface area contributed by atoms with Gasteiger partial charge in [0.1, 0.15) is 5.52 Å². The lowest BCUT2D eigenvalue weighted by molar-refractivity contribution is -0.143. The van der Waals surface area contributed by atoms with Gasteiger partial charge < -0.3 is 43.8 Å². The van der Waals surface area contributed by atoms with E-state index >= 15 is 0 Å². The number of methoxy groups -OCH3 is 1. The van der Waals surface area contributed by atoms with E-state index in [1.165, 1.54) is 69.5 Å². The van der Waals surface area contributed by atoms with Gasteiger partial charge >= 0.3 is 35.6 Å². The molecule has 1 amide bonds. The molecule has 0 bridgehead atoms. The van der Waals surface area contributed by atoms with Gasteiger partial charge in [-0.15, -0.1) is 0 Å². The number of benzene rings is 1. The van der Waals surface area contributed by atoms with Gasteiger partial charge in [-0.05, 0) is 134 Å². The molecule has 0 unspecified atom stereocenters. The Kier molecular flexibility index (Phi) is 53.4. The third-order valence-electron chi connectivity index (χ3n) is 17.9. The Morgan fingerprint density at radius 2 is 0.860 bits per heavy atom. The number of aromatic nitrogens is 4. The number of hydrogen-bond acceptors (Lipinski definition) is 15. The van der Waals surface area contributed by atoms with E-state index in [2.05, 4.69) is 93.3 Å². The molecule has 2 aromatic heterocycles. The molecule has 0 atom stereocenters. The fraction of sp³-hybridized carbons (Fsp3) is 0.732. The average molecular weight is 1390 g/mol. The number of carbonyl (C=O) groups is 5. The predicted octanol–water partition coefficient (Wildman–Crippen LogP) is 17.3. The predicted molar refractivity (Wildman–Crippen MR) is 404 cm³/mol. The van der Waals surface area contributed by atoms with Gasteiger partial charge in [-0.25, -0.2) is 4.79 Å². The summed E-state index contributed by atoms with van der Waals surface area (Å²) < 4.78 is 28.4. The molecule has 18 nitrogen and oxygen atoms in total. The normalized spacial score (nSPS) is 11.0. The Morgan fingerprint density at radius 1 is 0.460 bits per heavy atom. The quantitative estimate of drug-likeness (QED) is 0.0233. The van der Waals surface area contributed by atoms with E-state index < -0.39 is 5.69 Å². The van der Waals surface area contributed by atoms with Crippen molar-refractivity contribution in [3.8, 4) is 41.5 Å². The van der Waals surface area contributed by atoms with E-state index in [4.69, 9.17) is 23.7 Å². The second-order valence-electron chi connectivity index (χ2n) is 26.8. The number of hydrogen-bond donors (Lipinski definition) is 2. The van der Waals surface area contributed by atoms with Crippen LogP contribution in [0.2, 0.25) is 0 Å². The molecule has 0 spiro atoms. The van der Waals surface area contributed by atoms with Crippen LogP contribution in [0, 0.1) is 35.5 Å². The summed E-state index contributed by atoms with van der Waals surface area (Å²) in [4.78, 5) is 93.7. The number of carbonyl (C=O) groups excluding carboxylic acids is 5. The fourth-order valence-electron chi connectivity index (χ4n) is 11.9. The Hall–Kier alpha value is -6.68. The lowest BCUT2D eigenvalue weighted by Gasteiger charge is -2.26. The van der Waals surface area contributed by atoms with Gasteiger partial charge in [0.05, 0.1) is 26.7 Å². The van der Waals surface area contributed by atoms with Crippen LogP contribution in [0.3, 0.4) is 0 Å². The van der Waals surface area contributed by atoms with Crippen LogP contribution in [0.4, 0.5) is 5.82 Å². The topological polar surface area (TPSA) is 214 Å².